The van der Waals surface area contributed by atoms with Crippen molar-refractivity contribution in [1.82, 2.24) is 36.4 Å². The molecule has 38 nitrogen and oxygen atoms in total. The van der Waals surface area contributed by atoms with E-state index >= 15 is 0 Å². The smallest absolute Gasteiger partial charge is 0.305 e. The van der Waals surface area contributed by atoms with Crippen LogP contribution in [-0.2, 0) is 112 Å². The van der Waals surface area contributed by atoms with E-state index in [0.717, 1.165) is 9.80 Å². The quantitative estimate of drug-likeness (QED) is 0.00945. The van der Waals surface area contributed by atoms with Crippen molar-refractivity contribution < 1.29 is 137 Å². The Labute approximate surface area is 720 Å². The van der Waals surface area contributed by atoms with Crippen LogP contribution < -0.4 is 38.1 Å². The maximum Gasteiger partial charge on any atom is 0.305 e. The lowest BCUT2D eigenvalue weighted by Gasteiger charge is -2.46. The number of Topliss-reactive ketones (excluding diaryl/α,β-unsaturated/α-hetero) is 6. The van der Waals surface area contributed by atoms with Crippen molar-refractivity contribution in [3.8, 4) is 0 Å². The largest absolute Gasteiger partial charge is 0.481 e. The van der Waals surface area contributed by atoms with Crippen LogP contribution in [0.5, 0.6) is 0 Å². The van der Waals surface area contributed by atoms with Crippen molar-refractivity contribution in [3.05, 3.63) is 167 Å². The number of nitrogens with two attached hydrogens (primary N) is 2. The summed E-state index contributed by atoms with van der Waals surface area (Å²) in [6, 6.07) is 28.3. The van der Waals surface area contributed by atoms with Gasteiger partial charge in [-0.3, -0.25) is 72.1 Å². The molecule has 19 N–H and O–H groups in total. The van der Waals surface area contributed by atoms with Crippen LogP contribution >= 0.6 is 0 Å². The van der Waals surface area contributed by atoms with Gasteiger partial charge in [0, 0.05) is 79.9 Å². The zero-order valence-electron chi connectivity index (χ0n) is 69.6. The zero-order chi connectivity index (χ0) is 91.5. The van der Waals surface area contributed by atoms with E-state index in [4.69, 9.17) is 30.4 Å². The third kappa shape index (κ3) is 29.5. The number of rotatable bonds is 42. The molecule has 125 heavy (non-hydrogen) atoms. The summed E-state index contributed by atoms with van der Waals surface area (Å²) >= 11 is 0. The van der Waals surface area contributed by atoms with Crippen LogP contribution in [0.3, 0.4) is 0 Å². The average molecular weight is 1750 g/mol. The number of amides is 7. The van der Waals surface area contributed by atoms with Crippen LogP contribution in [0.1, 0.15) is 121 Å². The number of nitrogens with one attached hydrogen (secondary N) is 5. The lowest BCUT2D eigenvalue weighted by molar-refractivity contribution is -0.337. The number of hydrogen-bond acceptors (Lipinski definition) is 28. The Balaban J connectivity index is 0.000000316. The van der Waals surface area contributed by atoms with Crippen LogP contribution in [0, 0.1) is 17.8 Å². The van der Waals surface area contributed by atoms with Crippen molar-refractivity contribution in [2.24, 2.45) is 34.2 Å². The fraction of sp³-hybridized carbons (Fsp3) is 0.506. The van der Waals surface area contributed by atoms with E-state index in [9.17, 15) is 118 Å². The number of ketones is 6. The van der Waals surface area contributed by atoms with Gasteiger partial charge in [-0.2, -0.15) is 0 Å². The van der Waals surface area contributed by atoms with Crippen molar-refractivity contribution in [3.63, 3.8) is 0 Å². The molecule has 0 saturated carbocycles. The molecule has 3 fully saturated rings. The van der Waals surface area contributed by atoms with Crippen LogP contribution in [0.2, 0.25) is 0 Å². The second-order valence-corrected chi connectivity index (χ2v) is 31.6. The number of ether oxygens (including phenoxy) is 4. The fourth-order valence-electron chi connectivity index (χ4n) is 14.9. The number of carboxylic acids is 1. The third-order valence-corrected chi connectivity index (χ3v) is 22.1. The van der Waals surface area contributed by atoms with Crippen LogP contribution in [0.25, 0.3) is 0 Å². The number of aliphatic imine (C=N–C) groups is 1. The molecule has 0 bridgehead atoms. The minimum absolute atomic E-state index is 0.00779. The van der Waals surface area contributed by atoms with Gasteiger partial charge in [-0.1, -0.05) is 128 Å². The molecule has 5 heterocycles. The molecular weight excluding hydrogens is 1630 g/mol. The normalized spacial score (nSPS) is 25.2. The van der Waals surface area contributed by atoms with Gasteiger partial charge in [0.15, 0.2) is 59.5 Å². The minimum Gasteiger partial charge on any atom is -0.481 e. The van der Waals surface area contributed by atoms with E-state index in [1.807, 2.05) is 0 Å². The number of hydrogen-bond donors (Lipinski definition) is 17. The predicted octanol–water partition coefficient (Wildman–Crippen LogP) is -2.49. The molecule has 21 atom stereocenters. The molecule has 5 aliphatic heterocycles. The summed E-state index contributed by atoms with van der Waals surface area (Å²) in [6.07, 6.45) is -21.1. The van der Waals surface area contributed by atoms with E-state index in [1.165, 1.54) is 33.2 Å². The van der Waals surface area contributed by atoms with Gasteiger partial charge in [0.1, 0.15) is 61.9 Å². The van der Waals surface area contributed by atoms with Crippen molar-refractivity contribution in [2.75, 3.05) is 26.2 Å². The average Bonchev–Trinajstić information content (AvgIpc) is 0.778. The molecule has 4 aromatic carbocycles. The van der Waals surface area contributed by atoms with Gasteiger partial charge in [-0.25, -0.2) is 0 Å². The maximum atomic E-state index is 14.3. The summed E-state index contributed by atoms with van der Waals surface area (Å²) in [6.45, 7) is 4.48. The Hall–Kier alpha value is -11.1. The highest BCUT2D eigenvalue weighted by Crippen LogP contribution is 2.33. The minimum atomic E-state index is -1.89. The Morgan fingerprint density at radius 1 is 0.512 bits per heavy atom. The lowest BCUT2D eigenvalue weighted by Crippen LogP contribution is -2.67. The maximum absolute atomic E-state index is 14.3. The fourth-order valence-corrected chi connectivity index (χ4v) is 14.9. The molecule has 4 aromatic rings. The number of aliphatic carboxylic acids is 1. The highest BCUT2D eigenvalue weighted by Gasteiger charge is 2.52. The number of carboxylic acid groups (broad SMARTS) is 1. The van der Waals surface area contributed by atoms with Gasteiger partial charge in [0.25, 0.3) is 0 Å². The first-order chi connectivity index (χ1) is 59.4. The molecule has 0 aliphatic carbocycles. The second kappa shape index (κ2) is 47.8. The van der Waals surface area contributed by atoms with Gasteiger partial charge in [-0.05, 0) is 88.0 Å². The first-order valence-electron chi connectivity index (χ1n) is 41.1. The molecule has 14 unspecified atom stereocenters. The SMILES string of the molecule is CC1=CN(CC(=O)NC(Cc2ccccc2)C(=O)CC(Cc2ccccc2)C(=O)NC2C(O)OC(CO)C(O)C2OC2OC(C)C(O)C(O)C2O)C(=O)CC1=O.CC[C@H]1O[C@@H](O)C(CC(=O)C(CC(=O)O)NC(=O)CCC(=O)[C@H](CCCN=C(N)N)NC(=O)[C@@H](CC(=O)[C@H](Cc2ccccc2)NC(=O)CN2C=C(C)C(=O)CC2=O)Cc2ccccc2)[C@@H](O)[C@@H]1O. The number of carbonyl (C=O) groups excluding carboxylic acids is 13. The molecule has 7 amide bonds. The van der Waals surface area contributed by atoms with Gasteiger partial charge in [-0.15, -0.1) is 0 Å². The summed E-state index contributed by atoms with van der Waals surface area (Å²) in [5, 5.41) is 117. The first-order valence-corrected chi connectivity index (χ1v) is 41.1. The summed E-state index contributed by atoms with van der Waals surface area (Å²) in [5.74, 6) is -13.5. The van der Waals surface area contributed by atoms with Crippen molar-refractivity contribution in [2.45, 2.75) is 234 Å². The number of aliphatic hydroxyl groups is 9. The third-order valence-electron chi connectivity index (χ3n) is 22.1. The molecule has 9 rings (SSSR count). The van der Waals surface area contributed by atoms with E-state index in [-0.39, 0.29) is 75.4 Å². The molecule has 0 radical (unpaired) electrons. The molecule has 678 valence electrons. The standard InChI is InChI=1S/C48H63N7O14.C39H49N3O14/c1-3-39-45(66)44(65)31(47(68)69-39)22-38(59)34(23-43(63)64)52-40(60)17-16-35(56)32(15-10-18-51-48(49)50)54-46(67)30(19-28-11-6-4-7-12-28)21-37(58)33(20-29-13-8-5-9-14-29)53-41(61)26-55-25-27(2)36(57)24-42(55)62;1-20-17-42(30(47)16-26(20)44)18-29(46)40-25(14-23-11-7-4-8-12-23)27(45)15-24(13-22-9-5-3-6-10-22)37(52)41-31-36(33(49)28(19-43)55-38(31)53)56-39-35(51)34(50)32(48)21(2)54-39/h4-9,11-14,25,30-34,39,44-45,47,65-66,68H,3,10,15-24,26H2,1-2H3,(H,52,60)(H,53,61)(H,54,67)(H,63,64)(H4,49,50,51);3-12,17,21,24-25,28,31-36,38-39,43,48-51,53H,13-16,18-19H2,1-2H3,(H,40,46)(H,41,52)/t30-,31?,32+,33+,34?,39-,44-,45-,47-;/m1./s1. The van der Waals surface area contributed by atoms with Gasteiger partial charge in [0.05, 0.1) is 68.3 Å². The van der Waals surface area contributed by atoms with E-state index in [1.54, 1.807) is 128 Å². The lowest BCUT2D eigenvalue weighted by atomic mass is 9.85. The Kier molecular flexibility index (Phi) is 38.0. The van der Waals surface area contributed by atoms with E-state index in [0.29, 0.717) is 33.4 Å². The Morgan fingerprint density at radius 2 is 0.976 bits per heavy atom. The van der Waals surface area contributed by atoms with Gasteiger partial charge >= 0.3 is 5.97 Å². The number of aliphatic hydroxyl groups excluding tert-OH is 9. The van der Waals surface area contributed by atoms with Crippen molar-refractivity contribution >= 4 is 88.0 Å². The van der Waals surface area contributed by atoms with Crippen LogP contribution in [0.15, 0.2) is 150 Å². The first kappa shape index (κ1) is 99.3. The number of carbonyl (C=O) groups is 14. The number of allylic oxidation sites excluding steroid dienone is 2. The summed E-state index contributed by atoms with van der Waals surface area (Å²) in [5.41, 5.74) is 14.3. The number of benzene rings is 4. The molecular formula is C87H112N10O28. The molecule has 5 aliphatic rings. The van der Waals surface area contributed by atoms with Crippen molar-refractivity contribution in [1.29, 1.82) is 0 Å². The van der Waals surface area contributed by atoms with Gasteiger partial charge in [0.2, 0.25) is 41.4 Å². The highest BCUT2D eigenvalue weighted by atomic mass is 16.7. The number of guanidine groups is 1. The van der Waals surface area contributed by atoms with Crippen LogP contribution in [0.4, 0.5) is 0 Å². The summed E-state index contributed by atoms with van der Waals surface area (Å²) < 4.78 is 22.1. The highest BCUT2D eigenvalue weighted by molar-refractivity contribution is 6.11. The summed E-state index contributed by atoms with van der Waals surface area (Å²) in [7, 11) is 0. The van der Waals surface area contributed by atoms with Crippen LogP contribution in [-0.4, -0.2) is 285 Å². The Bertz CT molecular complexity index is 4500. The molecule has 0 aromatic heterocycles. The predicted molar refractivity (Wildman–Crippen MR) is 441 cm³/mol. The summed E-state index contributed by atoms with van der Waals surface area (Å²) in [4.78, 5) is 191. The Morgan fingerprint density at radius 3 is 1.44 bits per heavy atom. The number of nitrogens with zero attached hydrogens (tertiary/aromatic N) is 3. The van der Waals surface area contributed by atoms with E-state index < -0.39 is 263 Å². The monoisotopic (exact) mass is 1740 g/mol. The van der Waals surface area contributed by atoms with E-state index in [2.05, 4.69) is 31.6 Å². The van der Waals surface area contributed by atoms with Gasteiger partial charge < -0.3 is 118 Å². The molecule has 38 heteroatoms. The molecule has 3 saturated heterocycles. The zero-order valence-corrected chi connectivity index (χ0v) is 69.6. The second-order valence-electron chi connectivity index (χ2n) is 31.6. The molecule has 0 spiro atoms. The topological polar surface area (TPSA) is 609 Å².